The predicted octanol–water partition coefficient (Wildman–Crippen LogP) is 6.03. The molecule has 2 unspecified atom stereocenters. The van der Waals surface area contributed by atoms with E-state index in [1.807, 2.05) is 6.07 Å². The minimum Gasteiger partial charge on any atom is -0.507 e. The molecule has 0 amide bonds. The zero-order chi connectivity index (χ0) is 20.9. The van der Waals surface area contributed by atoms with Crippen LogP contribution < -0.4 is 0 Å². The van der Waals surface area contributed by atoms with Crippen LogP contribution >= 0.6 is 0 Å². The number of aryl methyl sites for hydroxylation is 1. The Kier molecular flexibility index (Phi) is 7.91. The molecule has 28 heavy (non-hydrogen) atoms. The summed E-state index contributed by atoms with van der Waals surface area (Å²) in [6.07, 6.45) is 8.83. The summed E-state index contributed by atoms with van der Waals surface area (Å²) >= 11 is 0. The lowest BCUT2D eigenvalue weighted by Crippen LogP contribution is -2.27. The number of aliphatic hydroxyl groups is 1. The van der Waals surface area contributed by atoms with Gasteiger partial charge in [0, 0.05) is 18.6 Å². The van der Waals surface area contributed by atoms with Gasteiger partial charge in [0.2, 0.25) is 0 Å². The summed E-state index contributed by atoms with van der Waals surface area (Å²) in [5.41, 5.74) is 5.29. The highest BCUT2D eigenvalue weighted by molar-refractivity contribution is 5.78. The molecule has 0 heterocycles. The van der Waals surface area contributed by atoms with Crippen LogP contribution in [0.1, 0.15) is 77.0 Å². The molecule has 0 saturated heterocycles. The molecule has 3 heteroatoms. The van der Waals surface area contributed by atoms with E-state index < -0.39 is 6.10 Å². The predicted molar refractivity (Wildman–Crippen MR) is 117 cm³/mol. The van der Waals surface area contributed by atoms with Crippen molar-refractivity contribution in [2.24, 2.45) is 11.3 Å². The van der Waals surface area contributed by atoms with Gasteiger partial charge in [0.05, 0.1) is 12.7 Å². The number of phenolic OH excluding ortho intramolecular Hbond substituents is 1. The highest BCUT2D eigenvalue weighted by Gasteiger charge is 2.29. The first-order chi connectivity index (χ1) is 13.3. The maximum absolute atomic E-state index is 10.9. The van der Waals surface area contributed by atoms with Crippen LogP contribution in [0.5, 0.6) is 5.75 Å². The Balaban J connectivity index is 2.49. The second-order valence-corrected chi connectivity index (χ2v) is 8.88. The van der Waals surface area contributed by atoms with Crippen molar-refractivity contribution >= 4 is 5.57 Å². The molecular formula is C25H38O3. The molecule has 0 aromatic heterocycles. The van der Waals surface area contributed by atoms with Crippen molar-refractivity contribution in [2.75, 3.05) is 7.11 Å². The van der Waals surface area contributed by atoms with E-state index in [-0.39, 0.29) is 11.3 Å². The molecule has 1 aliphatic carbocycles. The molecule has 2 rings (SSSR count). The Morgan fingerprint density at radius 3 is 2.36 bits per heavy atom. The van der Waals surface area contributed by atoms with Crippen LogP contribution in [0.4, 0.5) is 0 Å². The van der Waals surface area contributed by atoms with Gasteiger partial charge in [-0.05, 0) is 65.5 Å². The SMILES string of the molecule is CCCC(C)(C)CC1=CC(c2cc(CC)c(O)c(COC)c2)=CC(CC)C1O. The quantitative estimate of drug-likeness (QED) is 0.545. The van der Waals surface area contributed by atoms with Gasteiger partial charge in [0.15, 0.2) is 0 Å². The van der Waals surface area contributed by atoms with E-state index in [0.717, 1.165) is 59.9 Å². The number of methoxy groups -OCH3 is 1. The normalized spacial score (nSPS) is 20.1. The van der Waals surface area contributed by atoms with Crippen LogP contribution in [0, 0.1) is 11.3 Å². The molecule has 0 aliphatic heterocycles. The molecule has 0 saturated carbocycles. The lowest BCUT2D eigenvalue weighted by atomic mass is 9.75. The average Bonchev–Trinajstić information content (AvgIpc) is 2.65. The number of aromatic hydroxyl groups is 1. The third-order valence-corrected chi connectivity index (χ3v) is 5.88. The van der Waals surface area contributed by atoms with E-state index >= 15 is 0 Å². The van der Waals surface area contributed by atoms with Crippen LogP contribution in [0.25, 0.3) is 5.57 Å². The Morgan fingerprint density at radius 1 is 1.11 bits per heavy atom. The van der Waals surface area contributed by atoms with Gasteiger partial charge in [-0.2, -0.15) is 0 Å². The number of rotatable bonds is 9. The van der Waals surface area contributed by atoms with Gasteiger partial charge in [-0.3, -0.25) is 0 Å². The van der Waals surface area contributed by atoms with Crippen molar-refractivity contribution in [3.8, 4) is 5.75 Å². The van der Waals surface area contributed by atoms with Crippen LogP contribution in [0.15, 0.2) is 29.9 Å². The number of hydrogen-bond donors (Lipinski definition) is 2. The Bertz CT molecular complexity index is 728. The summed E-state index contributed by atoms with van der Waals surface area (Å²) in [5, 5.41) is 21.4. The molecular weight excluding hydrogens is 348 g/mol. The van der Waals surface area contributed by atoms with Crippen LogP contribution in [-0.2, 0) is 17.8 Å². The third kappa shape index (κ3) is 5.27. The topological polar surface area (TPSA) is 49.7 Å². The first-order valence-electron chi connectivity index (χ1n) is 10.7. The fourth-order valence-corrected chi connectivity index (χ4v) is 4.39. The monoisotopic (exact) mass is 386 g/mol. The molecule has 156 valence electrons. The number of allylic oxidation sites excluding steroid dienone is 2. The molecule has 0 radical (unpaired) electrons. The smallest absolute Gasteiger partial charge is 0.124 e. The van der Waals surface area contributed by atoms with Crippen molar-refractivity contribution in [3.63, 3.8) is 0 Å². The van der Waals surface area contributed by atoms with Gasteiger partial charge in [-0.25, -0.2) is 0 Å². The van der Waals surface area contributed by atoms with Crippen LogP contribution in [0.2, 0.25) is 0 Å². The summed E-state index contributed by atoms with van der Waals surface area (Å²) in [6.45, 7) is 11.4. The summed E-state index contributed by atoms with van der Waals surface area (Å²) in [4.78, 5) is 0. The molecule has 1 aromatic carbocycles. The standard InChI is InChI=1S/C25H38O3/c1-7-10-25(4,5)15-21-13-19(11-17(8-2)23(21)26)20-12-18(9-3)24(27)22(14-20)16-28-6/h11-14,17,23,26-27H,7-10,15-16H2,1-6H3. The van der Waals surface area contributed by atoms with Crippen molar-refractivity contribution in [2.45, 2.75) is 79.4 Å². The molecule has 0 spiro atoms. The zero-order valence-electron chi connectivity index (χ0n) is 18.5. The van der Waals surface area contributed by atoms with Crippen LogP contribution in [0.3, 0.4) is 0 Å². The van der Waals surface area contributed by atoms with Gasteiger partial charge in [0.25, 0.3) is 0 Å². The van der Waals surface area contributed by atoms with E-state index in [1.54, 1.807) is 7.11 Å². The maximum atomic E-state index is 10.9. The van der Waals surface area contributed by atoms with Gasteiger partial charge >= 0.3 is 0 Å². The Labute approximate surface area is 171 Å². The summed E-state index contributed by atoms with van der Waals surface area (Å²) in [5.74, 6) is 0.460. The average molecular weight is 387 g/mol. The number of hydrogen-bond acceptors (Lipinski definition) is 3. The van der Waals surface area contributed by atoms with E-state index in [0.29, 0.717) is 12.4 Å². The molecule has 3 nitrogen and oxygen atoms in total. The lowest BCUT2D eigenvalue weighted by Gasteiger charge is -2.33. The van der Waals surface area contributed by atoms with Gasteiger partial charge in [0.1, 0.15) is 5.75 Å². The summed E-state index contributed by atoms with van der Waals surface area (Å²) < 4.78 is 5.29. The number of aliphatic hydroxyl groups excluding tert-OH is 1. The maximum Gasteiger partial charge on any atom is 0.124 e. The molecule has 1 aromatic rings. The second-order valence-electron chi connectivity index (χ2n) is 8.88. The first kappa shape index (κ1) is 22.7. The fourth-order valence-electron chi connectivity index (χ4n) is 4.39. The first-order valence-corrected chi connectivity index (χ1v) is 10.7. The van der Waals surface area contributed by atoms with E-state index in [2.05, 4.69) is 52.8 Å². The molecule has 2 N–H and O–H groups in total. The van der Waals surface area contributed by atoms with E-state index in [4.69, 9.17) is 4.74 Å². The Hall–Kier alpha value is -1.58. The molecule has 0 bridgehead atoms. The minimum absolute atomic E-state index is 0.122. The van der Waals surface area contributed by atoms with E-state index in [1.165, 1.54) is 0 Å². The second kappa shape index (κ2) is 9.76. The zero-order valence-corrected chi connectivity index (χ0v) is 18.5. The van der Waals surface area contributed by atoms with Crippen molar-refractivity contribution < 1.29 is 14.9 Å². The Morgan fingerprint density at radius 2 is 1.79 bits per heavy atom. The van der Waals surface area contributed by atoms with Gasteiger partial charge in [-0.1, -0.05) is 53.2 Å². The molecule has 0 fully saturated rings. The highest BCUT2D eigenvalue weighted by atomic mass is 16.5. The number of phenols is 1. The largest absolute Gasteiger partial charge is 0.507 e. The number of benzene rings is 1. The van der Waals surface area contributed by atoms with E-state index in [9.17, 15) is 10.2 Å². The fraction of sp³-hybridized carbons (Fsp3) is 0.600. The van der Waals surface area contributed by atoms with Gasteiger partial charge in [-0.15, -0.1) is 0 Å². The summed E-state index contributed by atoms with van der Waals surface area (Å²) in [6, 6.07) is 4.11. The summed E-state index contributed by atoms with van der Waals surface area (Å²) in [7, 11) is 1.65. The van der Waals surface area contributed by atoms with Crippen molar-refractivity contribution in [1.82, 2.24) is 0 Å². The van der Waals surface area contributed by atoms with Crippen molar-refractivity contribution in [1.29, 1.82) is 0 Å². The lowest BCUT2D eigenvalue weighted by molar-refractivity contribution is 0.147. The van der Waals surface area contributed by atoms with Crippen LogP contribution in [-0.4, -0.2) is 23.4 Å². The highest BCUT2D eigenvalue weighted by Crippen LogP contribution is 2.39. The molecule has 1 aliphatic rings. The third-order valence-electron chi connectivity index (χ3n) is 5.88. The van der Waals surface area contributed by atoms with Crippen molar-refractivity contribution in [3.05, 3.63) is 46.5 Å². The number of ether oxygens (including phenoxy) is 1. The van der Waals surface area contributed by atoms with Gasteiger partial charge < -0.3 is 14.9 Å². The molecule has 2 atom stereocenters. The minimum atomic E-state index is -0.411.